The molecular weight excluding hydrogens is 146 g/mol. The maximum Gasteiger partial charge on any atom is 0.121 e. The number of hydrogen-bond acceptors (Lipinski definition) is 3. The molecule has 0 aliphatic heterocycles. The molecule has 0 aliphatic carbocycles. The fraction of sp³-hybridized carbons (Fsp3) is 0.571. The number of nitrogens with zero attached hydrogens (tertiary/aromatic N) is 1. The van der Waals surface area contributed by atoms with E-state index in [0.717, 1.165) is 16.3 Å². The molecule has 0 radical (unpaired) electrons. The van der Waals surface area contributed by atoms with E-state index in [1.165, 1.54) is 0 Å². The Morgan fingerprint density at radius 3 is 2.90 bits per heavy atom. The predicted octanol–water partition coefficient (Wildman–Crippen LogP) is 1.89. The van der Waals surface area contributed by atoms with Gasteiger partial charge in [-0.25, -0.2) is 4.98 Å². The van der Waals surface area contributed by atoms with Crippen LogP contribution in [-0.4, -0.2) is 10.1 Å². The topological polar surface area (TPSA) is 33.1 Å². The van der Waals surface area contributed by atoms with E-state index in [0.29, 0.717) is 0 Å². The van der Waals surface area contributed by atoms with Gasteiger partial charge in [0.1, 0.15) is 11.1 Å². The van der Waals surface area contributed by atoms with Crippen LogP contribution in [0.2, 0.25) is 0 Å². The van der Waals surface area contributed by atoms with Crippen LogP contribution < -0.4 is 0 Å². The van der Waals surface area contributed by atoms with E-state index in [9.17, 15) is 5.11 Å². The highest BCUT2D eigenvalue weighted by atomic mass is 32.1. The molecule has 1 atom stereocenters. The number of aliphatic hydroxyl groups is 1. The third kappa shape index (κ3) is 1.55. The molecule has 0 aliphatic rings. The van der Waals surface area contributed by atoms with E-state index >= 15 is 0 Å². The number of aliphatic hydroxyl groups excluding tert-OH is 1. The molecule has 0 aromatic carbocycles. The Bertz CT molecular complexity index is 209. The lowest BCUT2D eigenvalue weighted by molar-refractivity contribution is 0.173. The van der Waals surface area contributed by atoms with Crippen LogP contribution in [0.5, 0.6) is 0 Å². The normalized spacial score (nSPS) is 13.5. The van der Waals surface area contributed by atoms with Crippen molar-refractivity contribution >= 4 is 11.3 Å². The number of aromatic nitrogens is 1. The maximum absolute atomic E-state index is 9.29. The van der Waals surface area contributed by atoms with Gasteiger partial charge >= 0.3 is 0 Å². The van der Waals surface area contributed by atoms with Gasteiger partial charge in [0.15, 0.2) is 0 Å². The molecule has 0 saturated carbocycles. The minimum absolute atomic E-state index is 0.362. The minimum atomic E-state index is -0.362. The molecule has 56 valence electrons. The zero-order valence-electron chi connectivity index (χ0n) is 6.16. The fourth-order valence-electron chi connectivity index (χ4n) is 0.701. The summed E-state index contributed by atoms with van der Waals surface area (Å²) in [7, 11) is 0. The molecule has 0 spiro atoms. The van der Waals surface area contributed by atoms with Crippen molar-refractivity contribution in [2.75, 3.05) is 0 Å². The van der Waals surface area contributed by atoms with Gasteiger partial charge in [-0.3, -0.25) is 0 Å². The molecule has 0 amide bonds. The molecule has 0 fully saturated rings. The number of thiazole rings is 1. The summed E-state index contributed by atoms with van der Waals surface area (Å²) >= 11 is 1.56. The summed E-state index contributed by atoms with van der Waals surface area (Å²) in [6.07, 6.45) is 2.17. The van der Waals surface area contributed by atoms with Gasteiger partial charge < -0.3 is 5.11 Å². The van der Waals surface area contributed by atoms with Crippen LogP contribution in [0, 0.1) is 6.92 Å². The van der Waals surface area contributed by atoms with Crippen LogP contribution in [0.1, 0.15) is 29.3 Å². The van der Waals surface area contributed by atoms with Crippen molar-refractivity contribution in [3.8, 4) is 0 Å². The first-order chi connectivity index (χ1) is 4.74. The average Bonchev–Trinajstić information content (AvgIpc) is 2.34. The molecule has 3 heteroatoms. The highest BCUT2D eigenvalue weighted by molar-refractivity contribution is 7.11. The van der Waals surface area contributed by atoms with Crippen molar-refractivity contribution in [2.24, 2.45) is 0 Å². The molecule has 1 aromatic heterocycles. The van der Waals surface area contributed by atoms with Gasteiger partial charge in [-0.15, -0.1) is 11.3 Å². The smallest absolute Gasteiger partial charge is 0.121 e. The van der Waals surface area contributed by atoms with Crippen molar-refractivity contribution < 1.29 is 5.11 Å². The van der Waals surface area contributed by atoms with Crippen molar-refractivity contribution in [1.82, 2.24) is 4.98 Å². The first-order valence-corrected chi connectivity index (χ1v) is 4.16. The van der Waals surface area contributed by atoms with Crippen LogP contribution in [0.15, 0.2) is 6.20 Å². The van der Waals surface area contributed by atoms with Crippen molar-refractivity contribution in [2.45, 2.75) is 26.4 Å². The van der Waals surface area contributed by atoms with E-state index in [4.69, 9.17) is 0 Å². The molecule has 1 rings (SSSR count). The second-order valence-electron chi connectivity index (χ2n) is 2.23. The summed E-state index contributed by atoms with van der Waals surface area (Å²) in [6, 6.07) is 0. The number of hydrogen-bond donors (Lipinski definition) is 1. The van der Waals surface area contributed by atoms with Crippen LogP contribution in [-0.2, 0) is 0 Å². The van der Waals surface area contributed by atoms with Gasteiger partial charge in [-0.2, -0.15) is 0 Å². The SMILES string of the molecule is CCC(O)c1ncc(C)s1. The third-order valence-electron chi connectivity index (χ3n) is 1.31. The lowest BCUT2D eigenvalue weighted by Crippen LogP contribution is -1.92. The van der Waals surface area contributed by atoms with Gasteiger partial charge in [0, 0.05) is 11.1 Å². The molecule has 0 bridgehead atoms. The van der Waals surface area contributed by atoms with Gasteiger partial charge in [0.25, 0.3) is 0 Å². The molecule has 0 saturated heterocycles. The largest absolute Gasteiger partial charge is 0.386 e. The van der Waals surface area contributed by atoms with E-state index in [1.54, 1.807) is 17.5 Å². The zero-order valence-corrected chi connectivity index (χ0v) is 6.98. The molecular formula is C7H11NOS. The summed E-state index contributed by atoms with van der Waals surface area (Å²) < 4.78 is 0. The fourth-order valence-corrected chi connectivity index (χ4v) is 1.54. The zero-order chi connectivity index (χ0) is 7.56. The van der Waals surface area contributed by atoms with Crippen LogP contribution in [0.4, 0.5) is 0 Å². The highest BCUT2D eigenvalue weighted by Crippen LogP contribution is 2.20. The van der Waals surface area contributed by atoms with Gasteiger partial charge in [0.2, 0.25) is 0 Å². The van der Waals surface area contributed by atoms with Gasteiger partial charge in [-0.1, -0.05) is 6.92 Å². The summed E-state index contributed by atoms with van der Waals surface area (Å²) in [5, 5.41) is 10.1. The molecule has 10 heavy (non-hydrogen) atoms. The summed E-state index contributed by atoms with van der Waals surface area (Å²) in [4.78, 5) is 5.21. The van der Waals surface area contributed by atoms with Crippen LogP contribution in [0.3, 0.4) is 0 Å². The first-order valence-electron chi connectivity index (χ1n) is 3.34. The standard InChI is InChI=1S/C7H11NOS/c1-3-6(9)7-8-4-5(2)10-7/h4,6,9H,3H2,1-2H3. The van der Waals surface area contributed by atoms with E-state index in [1.807, 2.05) is 13.8 Å². The van der Waals surface area contributed by atoms with Crippen molar-refractivity contribution in [3.05, 3.63) is 16.1 Å². The van der Waals surface area contributed by atoms with Gasteiger partial charge in [-0.05, 0) is 13.3 Å². The molecule has 1 unspecified atom stereocenters. The Morgan fingerprint density at radius 1 is 1.80 bits per heavy atom. The Morgan fingerprint density at radius 2 is 2.50 bits per heavy atom. The molecule has 1 aromatic rings. The Balaban J connectivity index is 2.74. The van der Waals surface area contributed by atoms with E-state index in [2.05, 4.69) is 4.98 Å². The second kappa shape index (κ2) is 3.12. The highest BCUT2D eigenvalue weighted by Gasteiger charge is 2.07. The van der Waals surface area contributed by atoms with Crippen LogP contribution in [0.25, 0.3) is 0 Å². The predicted molar refractivity (Wildman–Crippen MR) is 42.1 cm³/mol. The Kier molecular flexibility index (Phi) is 2.40. The van der Waals surface area contributed by atoms with Crippen molar-refractivity contribution in [3.63, 3.8) is 0 Å². The summed E-state index contributed by atoms with van der Waals surface area (Å²) in [5.41, 5.74) is 0. The summed E-state index contributed by atoms with van der Waals surface area (Å²) in [5.74, 6) is 0. The minimum Gasteiger partial charge on any atom is -0.386 e. The molecule has 1 heterocycles. The van der Waals surface area contributed by atoms with E-state index < -0.39 is 0 Å². The molecule has 1 N–H and O–H groups in total. The first kappa shape index (κ1) is 7.69. The third-order valence-corrected chi connectivity index (χ3v) is 2.32. The Labute approximate surface area is 64.5 Å². The molecule has 2 nitrogen and oxygen atoms in total. The average molecular weight is 157 g/mol. The van der Waals surface area contributed by atoms with Crippen molar-refractivity contribution in [1.29, 1.82) is 0 Å². The quantitative estimate of drug-likeness (QED) is 0.711. The van der Waals surface area contributed by atoms with E-state index in [-0.39, 0.29) is 6.10 Å². The monoisotopic (exact) mass is 157 g/mol. The van der Waals surface area contributed by atoms with Gasteiger partial charge in [0.05, 0.1) is 0 Å². The Hall–Kier alpha value is -0.410. The summed E-state index contributed by atoms with van der Waals surface area (Å²) in [6.45, 7) is 3.94. The maximum atomic E-state index is 9.29. The number of rotatable bonds is 2. The number of aryl methyl sites for hydroxylation is 1. The lowest BCUT2D eigenvalue weighted by atomic mass is 10.3. The second-order valence-corrected chi connectivity index (χ2v) is 3.50. The van der Waals surface area contributed by atoms with Crippen LogP contribution >= 0.6 is 11.3 Å². The lowest BCUT2D eigenvalue weighted by Gasteiger charge is -2.00.